The third kappa shape index (κ3) is 4.77. The zero-order valence-electron chi connectivity index (χ0n) is 17.2. The molecule has 1 aromatic heterocycles. The third-order valence-corrected chi connectivity index (χ3v) is 4.45. The molecule has 0 spiro atoms. The Kier molecular flexibility index (Phi) is 6.44. The molecule has 0 aliphatic rings. The van der Waals surface area contributed by atoms with Crippen LogP contribution in [0.2, 0.25) is 0 Å². The summed E-state index contributed by atoms with van der Waals surface area (Å²) < 4.78 is 11.2. The first-order chi connectivity index (χ1) is 14.8. The highest BCUT2D eigenvalue weighted by molar-refractivity contribution is 6.06. The molecule has 31 heavy (non-hydrogen) atoms. The molecule has 0 fully saturated rings. The van der Waals surface area contributed by atoms with E-state index < -0.39 is 24.4 Å². The van der Waals surface area contributed by atoms with E-state index in [1.54, 1.807) is 50.2 Å². The number of amides is 2. The molecule has 9 nitrogen and oxygen atoms in total. The Balaban J connectivity index is 1.72. The van der Waals surface area contributed by atoms with Gasteiger partial charge in [-0.15, -0.1) is 0 Å². The maximum Gasteiger partial charge on any atom is 0.359 e. The van der Waals surface area contributed by atoms with Gasteiger partial charge in [0.15, 0.2) is 12.3 Å². The first-order valence-corrected chi connectivity index (χ1v) is 9.48. The number of fused-ring (bicyclic) bond motifs is 1. The van der Waals surface area contributed by atoms with Crippen LogP contribution in [0.4, 0.5) is 0 Å². The van der Waals surface area contributed by atoms with Crippen LogP contribution in [0.5, 0.6) is 5.75 Å². The normalized spacial score (nSPS) is 10.7. The van der Waals surface area contributed by atoms with Crippen molar-refractivity contribution in [2.45, 2.75) is 19.9 Å². The van der Waals surface area contributed by atoms with Crippen molar-refractivity contribution in [3.63, 3.8) is 0 Å². The molecular weight excluding hydrogens is 402 g/mol. The number of benzene rings is 2. The molecule has 3 aromatic rings. The fourth-order valence-electron chi connectivity index (χ4n) is 2.88. The molecule has 0 saturated carbocycles. The fourth-order valence-corrected chi connectivity index (χ4v) is 2.88. The van der Waals surface area contributed by atoms with Gasteiger partial charge in [-0.3, -0.25) is 19.7 Å². The Bertz CT molecular complexity index is 1200. The predicted molar refractivity (Wildman–Crippen MR) is 112 cm³/mol. The first-order valence-electron chi connectivity index (χ1n) is 9.48. The van der Waals surface area contributed by atoms with Gasteiger partial charge >= 0.3 is 5.97 Å². The van der Waals surface area contributed by atoms with E-state index in [9.17, 15) is 19.2 Å². The number of nitrogens with one attached hydrogen (secondary N) is 1. The minimum atomic E-state index is -0.877. The van der Waals surface area contributed by atoms with Gasteiger partial charge in [-0.25, -0.2) is 9.48 Å². The van der Waals surface area contributed by atoms with E-state index in [1.807, 2.05) is 0 Å². The smallest absolute Gasteiger partial charge is 0.359 e. The lowest BCUT2D eigenvalue weighted by molar-refractivity contribution is -0.123. The highest BCUT2D eigenvalue weighted by Gasteiger charge is 2.20. The molecule has 0 aliphatic heterocycles. The van der Waals surface area contributed by atoms with E-state index in [4.69, 9.17) is 9.47 Å². The van der Waals surface area contributed by atoms with Gasteiger partial charge in [-0.1, -0.05) is 18.2 Å². The number of aromatic nitrogens is 2. The summed E-state index contributed by atoms with van der Waals surface area (Å²) in [7, 11) is 1.50. The molecule has 0 aliphatic carbocycles. The molecule has 9 heteroatoms. The van der Waals surface area contributed by atoms with Crippen LogP contribution in [0.25, 0.3) is 10.8 Å². The fraction of sp³-hybridized carbons (Fsp3) is 0.227. The lowest BCUT2D eigenvalue weighted by atomic mass is 10.1. The second kappa shape index (κ2) is 9.21. The summed E-state index contributed by atoms with van der Waals surface area (Å²) in [5.74, 6) is -1.74. The molecule has 2 aromatic carbocycles. The van der Waals surface area contributed by atoms with Crippen LogP contribution in [-0.4, -0.2) is 41.3 Å². The zero-order chi connectivity index (χ0) is 22.5. The number of rotatable bonds is 6. The van der Waals surface area contributed by atoms with Gasteiger partial charge in [0.2, 0.25) is 0 Å². The van der Waals surface area contributed by atoms with Crippen LogP contribution in [0.3, 0.4) is 0 Å². The molecule has 2 amide bonds. The Morgan fingerprint density at radius 2 is 1.68 bits per heavy atom. The molecule has 3 rings (SSSR count). The number of ether oxygens (including phenoxy) is 2. The largest absolute Gasteiger partial charge is 0.497 e. The minimum Gasteiger partial charge on any atom is -0.497 e. The van der Waals surface area contributed by atoms with Crippen molar-refractivity contribution in [2.75, 3.05) is 13.7 Å². The van der Waals surface area contributed by atoms with Gasteiger partial charge < -0.3 is 9.47 Å². The van der Waals surface area contributed by atoms with Crippen molar-refractivity contribution in [3.05, 3.63) is 70.1 Å². The SMILES string of the molecule is COc1ccc(C(=O)NC(=O)COC(=O)c2nn(C(C)C)c(=O)c3ccccc23)cc1. The van der Waals surface area contributed by atoms with Crippen LogP contribution in [0.15, 0.2) is 53.3 Å². The number of carbonyl (C=O) groups is 3. The molecule has 1 N–H and O–H groups in total. The highest BCUT2D eigenvalue weighted by atomic mass is 16.5. The van der Waals surface area contributed by atoms with Crippen molar-refractivity contribution in [3.8, 4) is 5.75 Å². The van der Waals surface area contributed by atoms with Gasteiger partial charge in [0.05, 0.1) is 18.5 Å². The number of nitrogens with zero attached hydrogens (tertiary/aromatic N) is 2. The average Bonchev–Trinajstić information content (AvgIpc) is 2.77. The van der Waals surface area contributed by atoms with E-state index in [1.165, 1.54) is 23.9 Å². The van der Waals surface area contributed by atoms with Gasteiger partial charge in [-0.2, -0.15) is 5.10 Å². The maximum atomic E-state index is 12.6. The summed E-state index contributed by atoms with van der Waals surface area (Å²) in [6.07, 6.45) is 0. The first kappa shape index (κ1) is 21.7. The molecule has 160 valence electrons. The number of carbonyl (C=O) groups excluding carboxylic acids is 3. The minimum absolute atomic E-state index is 0.0850. The van der Waals surface area contributed by atoms with Gasteiger partial charge in [0.25, 0.3) is 17.4 Å². The van der Waals surface area contributed by atoms with Crippen molar-refractivity contribution >= 4 is 28.6 Å². The monoisotopic (exact) mass is 423 g/mol. The average molecular weight is 423 g/mol. The van der Waals surface area contributed by atoms with Crippen molar-refractivity contribution in [1.82, 2.24) is 15.1 Å². The van der Waals surface area contributed by atoms with Crippen LogP contribution in [0, 0.1) is 0 Å². The summed E-state index contributed by atoms with van der Waals surface area (Å²) in [4.78, 5) is 49.3. The van der Waals surface area contributed by atoms with Crippen molar-refractivity contribution < 1.29 is 23.9 Å². The molecule has 0 unspecified atom stereocenters. The molecule has 0 saturated heterocycles. The van der Waals surface area contributed by atoms with Crippen molar-refractivity contribution in [2.24, 2.45) is 0 Å². The zero-order valence-corrected chi connectivity index (χ0v) is 17.2. The Labute approximate surface area is 177 Å². The van der Waals surface area contributed by atoms with E-state index >= 15 is 0 Å². The van der Waals surface area contributed by atoms with E-state index in [-0.39, 0.29) is 22.9 Å². The number of imide groups is 1. The van der Waals surface area contributed by atoms with Crippen LogP contribution in [-0.2, 0) is 9.53 Å². The van der Waals surface area contributed by atoms with E-state index in [0.29, 0.717) is 16.5 Å². The molecule has 0 bridgehead atoms. The quantitative estimate of drug-likeness (QED) is 0.604. The Morgan fingerprint density at radius 3 is 2.29 bits per heavy atom. The third-order valence-electron chi connectivity index (χ3n) is 4.45. The van der Waals surface area contributed by atoms with E-state index in [2.05, 4.69) is 10.4 Å². The van der Waals surface area contributed by atoms with E-state index in [0.717, 1.165) is 0 Å². The predicted octanol–water partition coefficient (Wildman–Crippen LogP) is 2.10. The summed E-state index contributed by atoms with van der Waals surface area (Å²) in [5.41, 5.74) is -0.166. The molecular formula is C22H21N3O6. The topological polar surface area (TPSA) is 117 Å². The molecule has 1 heterocycles. The molecule has 0 radical (unpaired) electrons. The van der Waals surface area contributed by atoms with Crippen LogP contribution in [0.1, 0.15) is 40.7 Å². The summed E-state index contributed by atoms with van der Waals surface area (Å²) in [5, 5.41) is 6.91. The standard InChI is InChI=1S/C22H21N3O6/c1-13(2)25-21(28)17-7-5-4-6-16(17)19(24-25)22(29)31-12-18(26)23-20(27)14-8-10-15(30-3)11-9-14/h4-11,13H,12H2,1-3H3,(H,23,26,27). The summed E-state index contributed by atoms with van der Waals surface area (Å²) in [6, 6.07) is 12.4. The lowest BCUT2D eigenvalue weighted by Crippen LogP contribution is -2.34. The van der Waals surface area contributed by atoms with Crippen molar-refractivity contribution in [1.29, 1.82) is 0 Å². The lowest BCUT2D eigenvalue weighted by Gasteiger charge is -2.13. The van der Waals surface area contributed by atoms with Gasteiger partial charge in [-0.05, 0) is 44.2 Å². The number of hydrogen-bond acceptors (Lipinski definition) is 7. The maximum absolute atomic E-state index is 12.6. The second-order valence-electron chi connectivity index (χ2n) is 6.92. The van der Waals surface area contributed by atoms with Crippen LogP contribution < -0.4 is 15.6 Å². The highest BCUT2D eigenvalue weighted by Crippen LogP contribution is 2.16. The van der Waals surface area contributed by atoms with Gasteiger partial charge in [0, 0.05) is 10.9 Å². The number of hydrogen-bond donors (Lipinski definition) is 1. The Morgan fingerprint density at radius 1 is 1.03 bits per heavy atom. The summed E-state index contributed by atoms with van der Waals surface area (Å²) >= 11 is 0. The molecule has 0 atom stereocenters. The second-order valence-corrected chi connectivity index (χ2v) is 6.92. The summed E-state index contributed by atoms with van der Waals surface area (Å²) in [6.45, 7) is 2.84. The number of esters is 1. The van der Waals surface area contributed by atoms with Crippen LogP contribution >= 0.6 is 0 Å². The Hall–Kier alpha value is -4.01. The number of methoxy groups -OCH3 is 1. The van der Waals surface area contributed by atoms with Gasteiger partial charge in [0.1, 0.15) is 5.75 Å².